The summed E-state index contributed by atoms with van der Waals surface area (Å²) in [5.74, 6) is -0.693. The molecule has 5 heteroatoms. The van der Waals surface area contributed by atoms with Gasteiger partial charge in [0, 0.05) is 6.07 Å². The lowest BCUT2D eigenvalue weighted by molar-refractivity contribution is -0.144. The first-order valence-electron chi connectivity index (χ1n) is 7.26. The van der Waals surface area contributed by atoms with Crippen molar-refractivity contribution in [2.75, 3.05) is 13.2 Å². The first-order chi connectivity index (χ1) is 9.89. The Hall–Kier alpha value is -1.62. The highest BCUT2D eigenvalue weighted by molar-refractivity contribution is 5.78. The molecular formula is C16H24FNO3. The summed E-state index contributed by atoms with van der Waals surface area (Å²) in [5, 5.41) is 12.4. The zero-order chi connectivity index (χ0) is 15.9. The zero-order valence-corrected chi connectivity index (χ0v) is 12.9. The van der Waals surface area contributed by atoms with E-state index in [9.17, 15) is 14.3 Å². The van der Waals surface area contributed by atoms with E-state index in [1.165, 1.54) is 12.1 Å². The molecule has 0 bridgehead atoms. The summed E-state index contributed by atoms with van der Waals surface area (Å²) >= 11 is 0. The molecule has 0 amide bonds. The molecule has 1 atom stereocenters. The van der Waals surface area contributed by atoms with Crippen LogP contribution in [0.1, 0.15) is 38.7 Å². The molecule has 0 aliphatic carbocycles. The van der Waals surface area contributed by atoms with Crippen molar-refractivity contribution >= 4 is 5.97 Å². The highest BCUT2D eigenvalue weighted by Gasteiger charge is 2.31. The highest BCUT2D eigenvalue weighted by Crippen LogP contribution is 2.20. The van der Waals surface area contributed by atoms with Crippen LogP contribution in [0, 0.1) is 12.7 Å². The van der Waals surface area contributed by atoms with Gasteiger partial charge in [-0.3, -0.25) is 4.79 Å². The average molecular weight is 297 g/mol. The molecule has 0 fully saturated rings. The van der Waals surface area contributed by atoms with Gasteiger partial charge in [0.1, 0.15) is 17.1 Å². The van der Waals surface area contributed by atoms with Gasteiger partial charge in [0.05, 0.1) is 6.61 Å². The van der Waals surface area contributed by atoms with Crippen molar-refractivity contribution in [2.24, 2.45) is 0 Å². The third kappa shape index (κ3) is 5.34. The molecule has 1 aromatic rings. The molecule has 1 aromatic carbocycles. The van der Waals surface area contributed by atoms with Gasteiger partial charge in [0.25, 0.3) is 0 Å². The maximum absolute atomic E-state index is 13.1. The fraction of sp³-hybridized carbons (Fsp3) is 0.562. The summed E-state index contributed by atoms with van der Waals surface area (Å²) in [6.45, 7) is 6.54. The lowest BCUT2D eigenvalue weighted by Gasteiger charge is -2.26. The summed E-state index contributed by atoms with van der Waals surface area (Å²) in [6, 6.07) is 4.40. The van der Waals surface area contributed by atoms with Gasteiger partial charge in [0.2, 0.25) is 0 Å². The van der Waals surface area contributed by atoms with E-state index in [2.05, 4.69) is 5.32 Å². The van der Waals surface area contributed by atoms with Crippen molar-refractivity contribution in [3.63, 3.8) is 0 Å². The SMILES string of the molecule is CCCNC(C)(CCCOc1cc(F)ccc1C)C(=O)O. The van der Waals surface area contributed by atoms with Gasteiger partial charge >= 0.3 is 5.97 Å². The molecule has 0 saturated carbocycles. The van der Waals surface area contributed by atoms with Gasteiger partial charge in [-0.2, -0.15) is 0 Å². The number of aliphatic carboxylic acids is 1. The summed E-state index contributed by atoms with van der Waals surface area (Å²) in [5.41, 5.74) is -0.0856. The van der Waals surface area contributed by atoms with Crippen molar-refractivity contribution < 1.29 is 19.0 Å². The van der Waals surface area contributed by atoms with Crippen LogP contribution >= 0.6 is 0 Å². The first-order valence-corrected chi connectivity index (χ1v) is 7.26. The number of nitrogens with one attached hydrogen (secondary N) is 1. The van der Waals surface area contributed by atoms with E-state index in [4.69, 9.17) is 4.74 Å². The predicted octanol–water partition coefficient (Wildman–Crippen LogP) is 3.14. The van der Waals surface area contributed by atoms with E-state index in [-0.39, 0.29) is 5.82 Å². The van der Waals surface area contributed by atoms with Crippen LogP contribution in [0.3, 0.4) is 0 Å². The van der Waals surface area contributed by atoms with Gasteiger partial charge in [0.15, 0.2) is 0 Å². The van der Waals surface area contributed by atoms with E-state index < -0.39 is 11.5 Å². The molecule has 0 spiro atoms. The van der Waals surface area contributed by atoms with Crippen molar-refractivity contribution in [3.8, 4) is 5.75 Å². The van der Waals surface area contributed by atoms with Gasteiger partial charge in [-0.05, 0) is 51.3 Å². The molecule has 21 heavy (non-hydrogen) atoms. The topological polar surface area (TPSA) is 58.6 Å². The minimum absolute atomic E-state index is 0.337. The second-order valence-electron chi connectivity index (χ2n) is 5.43. The Kier molecular flexibility index (Phi) is 6.62. The van der Waals surface area contributed by atoms with Gasteiger partial charge in [-0.25, -0.2) is 4.39 Å². The van der Waals surface area contributed by atoms with E-state index in [1.54, 1.807) is 13.0 Å². The summed E-state index contributed by atoms with van der Waals surface area (Å²) in [4.78, 5) is 11.3. The van der Waals surface area contributed by atoms with Crippen molar-refractivity contribution in [1.29, 1.82) is 0 Å². The largest absolute Gasteiger partial charge is 0.493 e. The minimum atomic E-state index is -0.948. The number of aryl methyl sites for hydroxylation is 1. The van der Waals surface area contributed by atoms with Gasteiger partial charge in [-0.1, -0.05) is 13.0 Å². The number of ether oxygens (including phenoxy) is 1. The maximum atomic E-state index is 13.1. The molecule has 1 unspecified atom stereocenters. The van der Waals surface area contributed by atoms with E-state index in [0.717, 1.165) is 12.0 Å². The fourth-order valence-electron chi connectivity index (χ4n) is 2.01. The lowest BCUT2D eigenvalue weighted by Crippen LogP contribution is -2.49. The number of rotatable bonds is 9. The second-order valence-corrected chi connectivity index (χ2v) is 5.43. The number of hydrogen-bond donors (Lipinski definition) is 2. The number of carboxylic acids is 1. The van der Waals surface area contributed by atoms with E-state index in [0.29, 0.717) is 31.7 Å². The van der Waals surface area contributed by atoms with Gasteiger partial charge < -0.3 is 15.2 Å². The third-order valence-corrected chi connectivity index (χ3v) is 3.47. The molecule has 4 nitrogen and oxygen atoms in total. The smallest absolute Gasteiger partial charge is 0.323 e. The number of carbonyl (C=O) groups is 1. The third-order valence-electron chi connectivity index (χ3n) is 3.47. The Balaban J connectivity index is 2.47. The quantitative estimate of drug-likeness (QED) is 0.688. The van der Waals surface area contributed by atoms with Crippen LogP contribution in [0.2, 0.25) is 0 Å². The fourth-order valence-corrected chi connectivity index (χ4v) is 2.01. The predicted molar refractivity (Wildman–Crippen MR) is 80.2 cm³/mol. The average Bonchev–Trinajstić information content (AvgIpc) is 2.44. The molecule has 0 radical (unpaired) electrons. The van der Waals surface area contributed by atoms with Crippen molar-refractivity contribution in [3.05, 3.63) is 29.6 Å². The van der Waals surface area contributed by atoms with Crippen LogP contribution in [0.25, 0.3) is 0 Å². The number of carboxylic acid groups (broad SMARTS) is 1. The second kappa shape index (κ2) is 7.98. The highest BCUT2D eigenvalue weighted by atomic mass is 19.1. The van der Waals surface area contributed by atoms with E-state index in [1.807, 2.05) is 13.8 Å². The maximum Gasteiger partial charge on any atom is 0.323 e. The summed E-state index contributed by atoms with van der Waals surface area (Å²) < 4.78 is 18.7. The van der Waals surface area contributed by atoms with Gasteiger partial charge in [-0.15, -0.1) is 0 Å². The van der Waals surface area contributed by atoms with E-state index >= 15 is 0 Å². The minimum Gasteiger partial charge on any atom is -0.493 e. The molecule has 0 saturated heterocycles. The van der Waals surface area contributed by atoms with Crippen LogP contribution in [0.15, 0.2) is 18.2 Å². The monoisotopic (exact) mass is 297 g/mol. The molecule has 0 aromatic heterocycles. The van der Waals surface area contributed by atoms with Crippen LogP contribution in [0.5, 0.6) is 5.75 Å². The molecule has 118 valence electrons. The van der Waals surface area contributed by atoms with Crippen LogP contribution < -0.4 is 10.1 Å². The molecule has 1 rings (SSSR count). The normalized spacial score (nSPS) is 13.7. The Labute approximate surface area is 125 Å². The Morgan fingerprint density at radius 3 is 2.81 bits per heavy atom. The molecule has 2 N–H and O–H groups in total. The summed E-state index contributed by atoms with van der Waals surface area (Å²) in [7, 11) is 0. The molecular weight excluding hydrogens is 273 g/mol. The Morgan fingerprint density at radius 1 is 1.48 bits per heavy atom. The number of benzene rings is 1. The number of hydrogen-bond acceptors (Lipinski definition) is 3. The van der Waals surface area contributed by atoms with Crippen LogP contribution in [-0.2, 0) is 4.79 Å². The molecule has 0 aliphatic rings. The number of halogens is 1. The van der Waals surface area contributed by atoms with Crippen LogP contribution in [0.4, 0.5) is 4.39 Å². The van der Waals surface area contributed by atoms with Crippen molar-refractivity contribution in [2.45, 2.75) is 45.6 Å². The standard InChI is InChI=1S/C16H24FNO3/c1-4-9-18-16(3,15(19)20)8-5-10-21-14-11-13(17)7-6-12(14)2/h6-7,11,18H,4-5,8-10H2,1-3H3,(H,19,20). The van der Waals surface area contributed by atoms with Crippen LogP contribution in [-0.4, -0.2) is 29.8 Å². The zero-order valence-electron chi connectivity index (χ0n) is 12.9. The molecule has 0 heterocycles. The lowest BCUT2D eigenvalue weighted by atomic mass is 9.96. The Morgan fingerprint density at radius 2 is 2.19 bits per heavy atom. The summed E-state index contributed by atoms with van der Waals surface area (Å²) in [6.07, 6.45) is 1.91. The van der Waals surface area contributed by atoms with Crippen molar-refractivity contribution in [1.82, 2.24) is 5.32 Å². The first kappa shape index (κ1) is 17.4. The Bertz CT molecular complexity index is 479. The molecule has 0 aliphatic heterocycles.